The zero-order chi connectivity index (χ0) is 25.1. The molecule has 0 bridgehead atoms. The Labute approximate surface area is 207 Å². The lowest BCUT2D eigenvalue weighted by atomic mass is 9.98. The Morgan fingerprint density at radius 3 is 2.31 bits per heavy atom. The number of aromatic nitrogens is 3. The first-order valence-electron chi connectivity index (χ1n) is 11.7. The molecular formula is C29H23N5O2. The van der Waals surface area contributed by atoms with Crippen LogP contribution in [0.5, 0.6) is 0 Å². The molecule has 5 aromatic rings. The zero-order valence-corrected chi connectivity index (χ0v) is 20.1. The third-order valence-corrected chi connectivity index (χ3v) is 7.10. The van der Waals surface area contributed by atoms with Crippen LogP contribution in [0.15, 0.2) is 82.4 Å². The molecule has 2 aromatic heterocycles. The van der Waals surface area contributed by atoms with Crippen LogP contribution >= 0.6 is 0 Å². The Balaban J connectivity index is 1.85. The van der Waals surface area contributed by atoms with Gasteiger partial charge in [0.15, 0.2) is 0 Å². The second-order valence-corrected chi connectivity index (χ2v) is 9.14. The molecule has 1 aliphatic heterocycles. The van der Waals surface area contributed by atoms with Gasteiger partial charge in [0, 0.05) is 19.7 Å². The van der Waals surface area contributed by atoms with Gasteiger partial charge >= 0.3 is 5.69 Å². The summed E-state index contributed by atoms with van der Waals surface area (Å²) in [4.78, 5) is 26.9. The molecule has 176 valence electrons. The summed E-state index contributed by atoms with van der Waals surface area (Å²) in [5.41, 5.74) is 6.73. The molecule has 0 unspecified atom stereocenters. The molecule has 0 aliphatic carbocycles. The van der Waals surface area contributed by atoms with Gasteiger partial charge in [-0.2, -0.15) is 5.26 Å². The fourth-order valence-corrected chi connectivity index (χ4v) is 5.31. The van der Waals surface area contributed by atoms with Crippen LogP contribution in [-0.4, -0.2) is 13.7 Å². The van der Waals surface area contributed by atoms with E-state index in [-0.39, 0.29) is 17.3 Å². The summed E-state index contributed by atoms with van der Waals surface area (Å²) >= 11 is 0. The number of rotatable bonds is 2. The minimum Gasteiger partial charge on any atom is -0.371 e. The van der Waals surface area contributed by atoms with Gasteiger partial charge in [0.2, 0.25) is 0 Å². The van der Waals surface area contributed by atoms with Gasteiger partial charge in [0.05, 0.1) is 51.3 Å². The Hall–Kier alpha value is -4.83. The van der Waals surface area contributed by atoms with E-state index in [2.05, 4.69) is 16.0 Å². The van der Waals surface area contributed by atoms with E-state index in [1.54, 1.807) is 23.7 Å². The lowest BCUT2D eigenvalue weighted by molar-refractivity contribution is 0.708. The molecular weight excluding hydrogens is 450 g/mol. The molecule has 3 heterocycles. The first kappa shape index (κ1) is 21.7. The maximum atomic E-state index is 13.7. The van der Waals surface area contributed by atoms with Gasteiger partial charge in [-0.1, -0.05) is 48.5 Å². The summed E-state index contributed by atoms with van der Waals surface area (Å²) in [5.74, 6) is 0. The molecule has 7 heteroatoms. The average molecular weight is 474 g/mol. The van der Waals surface area contributed by atoms with Crippen LogP contribution < -0.4 is 16.6 Å². The second kappa shape index (κ2) is 7.85. The Morgan fingerprint density at radius 1 is 0.889 bits per heavy atom. The second-order valence-electron chi connectivity index (χ2n) is 9.14. The number of hydrogen-bond donors (Lipinski definition) is 1. The van der Waals surface area contributed by atoms with Crippen molar-refractivity contribution in [3.8, 4) is 23.0 Å². The largest absolute Gasteiger partial charge is 0.371 e. The molecule has 3 aromatic carbocycles. The third-order valence-electron chi connectivity index (χ3n) is 7.10. The standard InChI is InChI=1S/C29H23N5O2/c1-17-8-4-5-9-20(17)25-23-26(32(2)29(36)33(3)28(23)35)27-24(19-14-12-18(16-30)13-15-19)31-21-10-6-7-11-22(21)34(25)27/h4-15,24,31H,1-3H3/t24-/m1/s1. The Morgan fingerprint density at radius 2 is 1.58 bits per heavy atom. The van der Waals surface area contributed by atoms with Crippen molar-refractivity contribution in [2.75, 3.05) is 5.32 Å². The van der Waals surface area contributed by atoms with Crippen molar-refractivity contribution in [1.82, 2.24) is 13.7 Å². The highest BCUT2D eigenvalue weighted by Crippen LogP contribution is 2.45. The van der Waals surface area contributed by atoms with E-state index in [9.17, 15) is 14.9 Å². The highest BCUT2D eigenvalue weighted by atomic mass is 16.2. The third kappa shape index (κ3) is 2.91. The van der Waals surface area contributed by atoms with Gasteiger partial charge in [0.25, 0.3) is 5.56 Å². The number of benzene rings is 3. The SMILES string of the molecule is Cc1ccccc1-c1c2c(=O)n(C)c(=O)n(C)c2c2n1-c1ccccc1N[C@@H]2c1ccc(C#N)cc1. The molecule has 1 atom stereocenters. The summed E-state index contributed by atoms with van der Waals surface area (Å²) in [6, 6.07) is 25.2. The Kier molecular flexibility index (Phi) is 4.73. The van der Waals surface area contributed by atoms with Crippen molar-refractivity contribution in [2.24, 2.45) is 14.1 Å². The van der Waals surface area contributed by atoms with E-state index >= 15 is 0 Å². The molecule has 0 spiro atoms. The van der Waals surface area contributed by atoms with Gasteiger partial charge in [-0.25, -0.2) is 4.79 Å². The number of nitrogens with zero attached hydrogens (tertiary/aromatic N) is 4. The fourth-order valence-electron chi connectivity index (χ4n) is 5.31. The van der Waals surface area contributed by atoms with Crippen LogP contribution in [0.4, 0.5) is 5.69 Å². The topological polar surface area (TPSA) is 84.8 Å². The zero-order valence-electron chi connectivity index (χ0n) is 20.1. The minimum atomic E-state index is -0.380. The highest BCUT2D eigenvalue weighted by Gasteiger charge is 2.34. The highest BCUT2D eigenvalue weighted by molar-refractivity contribution is 5.99. The minimum absolute atomic E-state index is 0.329. The smallest absolute Gasteiger partial charge is 0.331 e. The summed E-state index contributed by atoms with van der Waals surface area (Å²) in [6.45, 7) is 2.03. The van der Waals surface area contributed by atoms with Crippen molar-refractivity contribution in [2.45, 2.75) is 13.0 Å². The lowest BCUT2D eigenvalue weighted by Gasteiger charge is -2.31. The maximum Gasteiger partial charge on any atom is 0.331 e. The van der Waals surface area contributed by atoms with E-state index in [0.29, 0.717) is 16.5 Å². The van der Waals surface area contributed by atoms with Crippen molar-refractivity contribution >= 4 is 16.6 Å². The van der Waals surface area contributed by atoms with Gasteiger partial charge < -0.3 is 9.88 Å². The summed E-state index contributed by atoms with van der Waals surface area (Å²) in [5, 5.41) is 13.4. The molecule has 0 saturated heterocycles. The van der Waals surface area contributed by atoms with E-state index < -0.39 is 0 Å². The van der Waals surface area contributed by atoms with E-state index in [4.69, 9.17) is 0 Å². The lowest BCUT2D eigenvalue weighted by Crippen LogP contribution is -2.37. The fraction of sp³-hybridized carbons (Fsp3) is 0.138. The number of nitriles is 1. The molecule has 7 nitrogen and oxygen atoms in total. The van der Waals surface area contributed by atoms with Crippen LogP contribution in [0.1, 0.15) is 28.4 Å². The number of nitrogens with one attached hydrogen (secondary N) is 1. The van der Waals surface area contributed by atoms with E-state index in [0.717, 1.165) is 39.5 Å². The van der Waals surface area contributed by atoms with Crippen molar-refractivity contribution < 1.29 is 0 Å². The molecule has 1 aliphatic rings. The summed E-state index contributed by atoms with van der Waals surface area (Å²) in [7, 11) is 3.23. The maximum absolute atomic E-state index is 13.7. The van der Waals surface area contributed by atoms with Crippen molar-refractivity contribution in [3.63, 3.8) is 0 Å². The Bertz CT molecular complexity index is 1850. The first-order chi connectivity index (χ1) is 17.4. The normalized spacial score (nSPS) is 14.1. The first-order valence-corrected chi connectivity index (χ1v) is 11.7. The van der Waals surface area contributed by atoms with E-state index in [1.807, 2.05) is 67.6 Å². The number of aryl methyl sites for hydroxylation is 2. The number of anilines is 1. The molecule has 0 saturated carbocycles. The predicted octanol–water partition coefficient (Wildman–Crippen LogP) is 4.39. The summed E-state index contributed by atoms with van der Waals surface area (Å²) in [6.07, 6.45) is 0. The number of hydrogen-bond acceptors (Lipinski definition) is 4. The van der Waals surface area contributed by atoms with Gasteiger partial charge in [-0.05, 0) is 42.3 Å². The molecule has 0 fully saturated rings. The molecule has 1 N–H and O–H groups in total. The van der Waals surface area contributed by atoms with Crippen LogP contribution in [0, 0.1) is 18.3 Å². The van der Waals surface area contributed by atoms with Crippen molar-refractivity contribution in [1.29, 1.82) is 5.26 Å². The predicted molar refractivity (Wildman–Crippen MR) is 141 cm³/mol. The summed E-state index contributed by atoms with van der Waals surface area (Å²) < 4.78 is 4.87. The molecule has 36 heavy (non-hydrogen) atoms. The van der Waals surface area contributed by atoms with Crippen LogP contribution in [0.2, 0.25) is 0 Å². The van der Waals surface area contributed by atoms with Crippen molar-refractivity contribution in [3.05, 3.63) is 116 Å². The number of para-hydroxylation sites is 2. The van der Waals surface area contributed by atoms with Crippen LogP contribution in [-0.2, 0) is 14.1 Å². The number of fused-ring (bicyclic) bond motifs is 5. The van der Waals surface area contributed by atoms with Gasteiger partial charge in [-0.15, -0.1) is 0 Å². The molecule has 6 rings (SSSR count). The van der Waals surface area contributed by atoms with Gasteiger partial charge in [0.1, 0.15) is 0 Å². The quantitative estimate of drug-likeness (QED) is 0.412. The van der Waals surface area contributed by atoms with E-state index in [1.165, 1.54) is 11.6 Å². The van der Waals surface area contributed by atoms with Gasteiger partial charge in [-0.3, -0.25) is 13.9 Å². The average Bonchev–Trinajstić information content (AvgIpc) is 3.27. The molecule has 0 amide bonds. The van der Waals surface area contributed by atoms with Crippen LogP contribution in [0.25, 0.3) is 27.8 Å². The van der Waals surface area contributed by atoms with Crippen LogP contribution in [0.3, 0.4) is 0 Å². The molecule has 0 radical (unpaired) electrons. The monoisotopic (exact) mass is 473 g/mol.